The van der Waals surface area contributed by atoms with Crippen molar-refractivity contribution >= 4 is 15.9 Å². The lowest BCUT2D eigenvalue weighted by molar-refractivity contribution is 0.295. The third kappa shape index (κ3) is 3.90. The van der Waals surface area contributed by atoms with E-state index in [1.54, 1.807) is 0 Å². The van der Waals surface area contributed by atoms with E-state index in [1.165, 1.54) is 32.2 Å². The van der Waals surface area contributed by atoms with Gasteiger partial charge in [-0.2, -0.15) is 0 Å². The standard InChI is InChI=1S/C10H20BrN/c1-9(5-7-11)6-8-12(2)10-3-4-10/h9-10H,3-8H2,1-2H3. The molecule has 2 heteroatoms. The highest BCUT2D eigenvalue weighted by atomic mass is 79.9. The molecule has 0 radical (unpaired) electrons. The van der Waals surface area contributed by atoms with Crippen molar-refractivity contribution in [2.45, 2.75) is 38.6 Å². The molecule has 0 aromatic carbocycles. The number of alkyl halides is 1. The maximum atomic E-state index is 3.48. The van der Waals surface area contributed by atoms with Gasteiger partial charge in [0.1, 0.15) is 0 Å². The highest BCUT2D eigenvalue weighted by Crippen LogP contribution is 2.25. The van der Waals surface area contributed by atoms with Gasteiger partial charge in [-0.05, 0) is 45.2 Å². The zero-order chi connectivity index (χ0) is 8.97. The summed E-state index contributed by atoms with van der Waals surface area (Å²) in [6.07, 6.45) is 5.55. The van der Waals surface area contributed by atoms with Gasteiger partial charge in [0.2, 0.25) is 0 Å². The van der Waals surface area contributed by atoms with Gasteiger partial charge in [0, 0.05) is 11.4 Å². The Morgan fingerprint density at radius 2 is 2.08 bits per heavy atom. The molecule has 0 amide bonds. The van der Waals surface area contributed by atoms with Gasteiger partial charge in [0.15, 0.2) is 0 Å². The summed E-state index contributed by atoms with van der Waals surface area (Å²) in [7, 11) is 2.26. The number of nitrogens with zero attached hydrogens (tertiary/aromatic N) is 1. The number of hydrogen-bond donors (Lipinski definition) is 0. The fourth-order valence-electron chi connectivity index (χ4n) is 1.45. The first-order valence-corrected chi connectivity index (χ1v) is 6.12. The van der Waals surface area contributed by atoms with Crippen LogP contribution in [0.5, 0.6) is 0 Å². The minimum atomic E-state index is 0.880. The number of halogens is 1. The van der Waals surface area contributed by atoms with Crippen LogP contribution < -0.4 is 0 Å². The van der Waals surface area contributed by atoms with Gasteiger partial charge in [0.25, 0.3) is 0 Å². The van der Waals surface area contributed by atoms with Crippen molar-refractivity contribution in [3.05, 3.63) is 0 Å². The summed E-state index contributed by atoms with van der Waals surface area (Å²) in [4.78, 5) is 2.52. The first-order chi connectivity index (χ1) is 5.74. The van der Waals surface area contributed by atoms with Crippen LogP contribution in [-0.4, -0.2) is 29.9 Å². The Bertz CT molecular complexity index is 123. The molecule has 1 rings (SSSR count). The van der Waals surface area contributed by atoms with Crippen LogP contribution in [0.4, 0.5) is 0 Å². The molecule has 1 nitrogen and oxygen atoms in total. The van der Waals surface area contributed by atoms with Crippen molar-refractivity contribution in [1.82, 2.24) is 4.90 Å². The molecule has 0 N–H and O–H groups in total. The van der Waals surface area contributed by atoms with E-state index in [1.807, 2.05) is 0 Å². The van der Waals surface area contributed by atoms with Gasteiger partial charge in [-0.1, -0.05) is 22.9 Å². The Hall–Kier alpha value is 0.440. The molecule has 1 aliphatic carbocycles. The van der Waals surface area contributed by atoms with Crippen molar-refractivity contribution in [1.29, 1.82) is 0 Å². The van der Waals surface area contributed by atoms with Crippen molar-refractivity contribution in [2.75, 3.05) is 18.9 Å². The molecule has 0 saturated heterocycles. The summed E-state index contributed by atoms with van der Waals surface area (Å²) in [5.41, 5.74) is 0. The van der Waals surface area contributed by atoms with E-state index >= 15 is 0 Å². The van der Waals surface area contributed by atoms with Gasteiger partial charge in [-0.25, -0.2) is 0 Å². The van der Waals surface area contributed by atoms with Crippen LogP contribution in [0.1, 0.15) is 32.6 Å². The molecule has 1 unspecified atom stereocenters. The van der Waals surface area contributed by atoms with E-state index in [4.69, 9.17) is 0 Å². The average molecular weight is 234 g/mol. The molecule has 0 aliphatic heterocycles. The predicted octanol–water partition coefficient (Wildman–Crippen LogP) is 2.89. The fourth-order valence-corrected chi connectivity index (χ4v) is 2.23. The Morgan fingerprint density at radius 1 is 1.42 bits per heavy atom. The van der Waals surface area contributed by atoms with Crippen molar-refractivity contribution in [2.24, 2.45) is 5.92 Å². The van der Waals surface area contributed by atoms with Gasteiger partial charge in [-0.3, -0.25) is 0 Å². The Labute approximate surface area is 84.6 Å². The lowest BCUT2D eigenvalue weighted by Gasteiger charge is -2.18. The second kappa shape index (κ2) is 5.23. The minimum absolute atomic E-state index is 0.880. The lowest BCUT2D eigenvalue weighted by Crippen LogP contribution is -2.23. The van der Waals surface area contributed by atoms with Crippen molar-refractivity contribution < 1.29 is 0 Å². The zero-order valence-corrected chi connectivity index (χ0v) is 9.81. The molecule has 1 aliphatic rings. The molecule has 72 valence electrons. The van der Waals surface area contributed by atoms with Gasteiger partial charge in [-0.15, -0.1) is 0 Å². The van der Waals surface area contributed by atoms with Crippen molar-refractivity contribution in [3.8, 4) is 0 Å². The van der Waals surface area contributed by atoms with Crippen LogP contribution in [0, 0.1) is 5.92 Å². The molecule has 1 saturated carbocycles. The second-order valence-corrected chi connectivity index (χ2v) is 4.88. The fraction of sp³-hybridized carbons (Fsp3) is 1.00. The highest BCUT2D eigenvalue weighted by Gasteiger charge is 2.25. The summed E-state index contributed by atoms with van der Waals surface area (Å²) in [5, 5.41) is 1.15. The van der Waals surface area contributed by atoms with Gasteiger partial charge in [0.05, 0.1) is 0 Å². The van der Waals surface area contributed by atoms with Crippen LogP contribution in [0.25, 0.3) is 0 Å². The summed E-state index contributed by atoms with van der Waals surface area (Å²) in [6.45, 7) is 3.64. The highest BCUT2D eigenvalue weighted by molar-refractivity contribution is 9.09. The first-order valence-electron chi connectivity index (χ1n) is 5.00. The summed E-state index contributed by atoms with van der Waals surface area (Å²) < 4.78 is 0. The topological polar surface area (TPSA) is 3.24 Å². The molecule has 0 aromatic rings. The Morgan fingerprint density at radius 3 is 2.58 bits per heavy atom. The molecule has 1 atom stereocenters. The zero-order valence-electron chi connectivity index (χ0n) is 8.22. The summed E-state index contributed by atoms with van der Waals surface area (Å²) in [5.74, 6) is 0.880. The third-order valence-electron chi connectivity index (χ3n) is 2.75. The second-order valence-electron chi connectivity index (χ2n) is 4.08. The molecular weight excluding hydrogens is 214 g/mol. The summed E-state index contributed by atoms with van der Waals surface area (Å²) >= 11 is 3.48. The SMILES string of the molecule is CC(CCBr)CCN(C)C1CC1. The molecule has 0 bridgehead atoms. The van der Waals surface area contributed by atoms with E-state index in [0.717, 1.165) is 17.3 Å². The molecular formula is C10H20BrN. The van der Waals surface area contributed by atoms with E-state index < -0.39 is 0 Å². The number of hydrogen-bond acceptors (Lipinski definition) is 1. The van der Waals surface area contributed by atoms with Gasteiger partial charge < -0.3 is 4.90 Å². The Kier molecular flexibility index (Phi) is 4.59. The van der Waals surface area contributed by atoms with E-state index in [-0.39, 0.29) is 0 Å². The minimum Gasteiger partial charge on any atom is -0.303 e. The van der Waals surface area contributed by atoms with Crippen LogP contribution in [0.15, 0.2) is 0 Å². The van der Waals surface area contributed by atoms with Crippen LogP contribution in [0.2, 0.25) is 0 Å². The predicted molar refractivity (Wildman–Crippen MR) is 57.8 cm³/mol. The summed E-state index contributed by atoms with van der Waals surface area (Å²) in [6, 6.07) is 0.932. The van der Waals surface area contributed by atoms with Gasteiger partial charge >= 0.3 is 0 Å². The monoisotopic (exact) mass is 233 g/mol. The maximum absolute atomic E-state index is 3.48. The first kappa shape index (κ1) is 10.5. The van der Waals surface area contributed by atoms with Crippen LogP contribution in [0.3, 0.4) is 0 Å². The van der Waals surface area contributed by atoms with Crippen LogP contribution in [-0.2, 0) is 0 Å². The smallest absolute Gasteiger partial charge is 0.00933 e. The lowest BCUT2D eigenvalue weighted by atomic mass is 10.1. The molecule has 0 heterocycles. The van der Waals surface area contributed by atoms with Crippen molar-refractivity contribution in [3.63, 3.8) is 0 Å². The number of rotatable bonds is 6. The average Bonchev–Trinajstić information content (AvgIpc) is 2.83. The van der Waals surface area contributed by atoms with E-state index in [9.17, 15) is 0 Å². The van der Waals surface area contributed by atoms with E-state index in [2.05, 4.69) is 34.8 Å². The van der Waals surface area contributed by atoms with E-state index in [0.29, 0.717) is 0 Å². The molecule has 0 spiro atoms. The molecule has 0 aromatic heterocycles. The largest absolute Gasteiger partial charge is 0.303 e. The molecule has 1 fully saturated rings. The van der Waals surface area contributed by atoms with Crippen LogP contribution >= 0.6 is 15.9 Å². The Balaban J connectivity index is 1.99. The molecule has 12 heavy (non-hydrogen) atoms. The normalized spacial score (nSPS) is 20.0. The quantitative estimate of drug-likeness (QED) is 0.639. The maximum Gasteiger partial charge on any atom is 0.00933 e. The third-order valence-corrected chi connectivity index (χ3v) is 3.20.